The van der Waals surface area contributed by atoms with E-state index in [1.165, 1.54) is 0 Å². The van der Waals surface area contributed by atoms with Gasteiger partial charge in [0.1, 0.15) is 5.82 Å². The van der Waals surface area contributed by atoms with Crippen molar-refractivity contribution in [3.8, 4) is 0 Å². The molecule has 0 aliphatic carbocycles. The number of fused-ring (bicyclic) bond motifs is 1. The number of nitrogens with zero attached hydrogens (tertiary/aromatic N) is 1. The molecule has 0 saturated heterocycles. The van der Waals surface area contributed by atoms with Crippen molar-refractivity contribution in [3.05, 3.63) is 59.2 Å². The molecule has 122 valence electrons. The Balaban J connectivity index is 0.00000192. The summed E-state index contributed by atoms with van der Waals surface area (Å²) in [5, 5.41) is 5.87. The molecule has 1 aliphatic heterocycles. The molecule has 6 heteroatoms. The maximum absolute atomic E-state index is 14.4. The van der Waals surface area contributed by atoms with Crippen molar-refractivity contribution in [2.75, 3.05) is 11.9 Å². The average molecular weight is 336 g/mol. The Morgan fingerprint density at radius 2 is 2.17 bits per heavy atom. The second-order valence-corrected chi connectivity index (χ2v) is 5.36. The fourth-order valence-corrected chi connectivity index (χ4v) is 2.63. The van der Waals surface area contributed by atoms with Crippen LogP contribution >= 0.6 is 12.4 Å². The van der Waals surface area contributed by atoms with E-state index >= 15 is 0 Å². The quantitative estimate of drug-likeness (QED) is 0.903. The van der Waals surface area contributed by atoms with E-state index in [2.05, 4.69) is 15.6 Å². The molecule has 4 nitrogen and oxygen atoms in total. The molecule has 2 N–H and O–H groups in total. The van der Waals surface area contributed by atoms with Crippen molar-refractivity contribution in [1.29, 1.82) is 0 Å². The number of pyridine rings is 1. The van der Waals surface area contributed by atoms with Crippen molar-refractivity contribution in [3.63, 3.8) is 0 Å². The van der Waals surface area contributed by atoms with Crippen LogP contribution < -0.4 is 10.6 Å². The first kappa shape index (κ1) is 17.4. The van der Waals surface area contributed by atoms with Gasteiger partial charge in [0, 0.05) is 24.9 Å². The van der Waals surface area contributed by atoms with Crippen LogP contribution in [0.4, 0.5) is 10.1 Å². The summed E-state index contributed by atoms with van der Waals surface area (Å²) in [6.45, 7) is 1.45. The number of nitrogens with one attached hydrogen (secondary N) is 2. The Labute approximate surface area is 140 Å². The zero-order valence-electron chi connectivity index (χ0n) is 12.6. The predicted molar refractivity (Wildman–Crippen MR) is 90.2 cm³/mol. The summed E-state index contributed by atoms with van der Waals surface area (Å²) in [6, 6.07) is 9.11. The lowest BCUT2D eigenvalue weighted by molar-refractivity contribution is -0.116. The molecule has 0 radical (unpaired) electrons. The summed E-state index contributed by atoms with van der Waals surface area (Å²) in [5.41, 5.74) is 2.80. The van der Waals surface area contributed by atoms with E-state index in [9.17, 15) is 9.18 Å². The van der Waals surface area contributed by atoms with Crippen molar-refractivity contribution < 1.29 is 9.18 Å². The molecule has 2 heterocycles. The van der Waals surface area contributed by atoms with Crippen molar-refractivity contribution in [2.45, 2.75) is 25.8 Å². The molecule has 0 spiro atoms. The number of amides is 1. The predicted octanol–water partition coefficient (Wildman–Crippen LogP) is 2.86. The number of carbonyl (C=O) groups is 1. The van der Waals surface area contributed by atoms with Gasteiger partial charge in [-0.05, 0) is 48.7 Å². The Kier molecular flexibility index (Phi) is 6.07. The molecule has 1 aromatic carbocycles. The lowest BCUT2D eigenvalue weighted by Gasteiger charge is -2.19. The molecule has 0 saturated carbocycles. The Hall–Kier alpha value is -1.98. The average Bonchev–Trinajstić information content (AvgIpc) is 2.57. The highest BCUT2D eigenvalue weighted by Crippen LogP contribution is 2.24. The first-order chi connectivity index (χ1) is 10.7. The topological polar surface area (TPSA) is 54.0 Å². The highest BCUT2D eigenvalue weighted by molar-refractivity contribution is 5.91. The third kappa shape index (κ3) is 4.27. The minimum atomic E-state index is -0.301. The van der Waals surface area contributed by atoms with Gasteiger partial charge in [-0.3, -0.25) is 9.78 Å². The molecule has 0 bridgehead atoms. The fourth-order valence-electron chi connectivity index (χ4n) is 2.63. The zero-order valence-corrected chi connectivity index (χ0v) is 13.5. The summed E-state index contributed by atoms with van der Waals surface area (Å²) in [4.78, 5) is 16.2. The molecule has 2 aromatic rings. The molecule has 1 aromatic heterocycles. The smallest absolute Gasteiger partial charge is 0.224 e. The number of hydrogen-bond donors (Lipinski definition) is 2. The van der Waals surface area contributed by atoms with Crippen LogP contribution in [0, 0.1) is 5.82 Å². The maximum atomic E-state index is 14.4. The number of aromatic nitrogens is 1. The number of aryl methyl sites for hydroxylation is 1. The molecular weight excluding hydrogens is 317 g/mol. The molecular formula is C17H19ClFN3O. The number of anilines is 1. The van der Waals surface area contributed by atoms with Crippen LogP contribution in [0.3, 0.4) is 0 Å². The van der Waals surface area contributed by atoms with Gasteiger partial charge in [0.05, 0.1) is 5.69 Å². The molecule has 0 fully saturated rings. The van der Waals surface area contributed by atoms with E-state index in [1.807, 2.05) is 24.3 Å². The van der Waals surface area contributed by atoms with Gasteiger partial charge in [0.25, 0.3) is 0 Å². The molecule has 3 rings (SSSR count). The summed E-state index contributed by atoms with van der Waals surface area (Å²) in [7, 11) is 0. The monoisotopic (exact) mass is 335 g/mol. The standard InChI is InChI=1S/C17H18FN3O.ClH/c18-17-14-8-10-19-11-12(14)4-6-15(17)21-16(22)7-5-13-3-1-2-9-20-13;/h1-4,6,9,19H,5,7-8,10-11H2,(H,21,22);1H. The minimum Gasteiger partial charge on any atom is -0.324 e. The van der Waals surface area contributed by atoms with Gasteiger partial charge in [-0.2, -0.15) is 0 Å². The number of rotatable bonds is 4. The number of halogens is 2. The zero-order chi connectivity index (χ0) is 15.4. The lowest BCUT2D eigenvalue weighted by Crippen LogP contribution is -2.25. The van der Waals surface area contributed by atoms with Crippen LogP contribution in [0.1, 0.15) is 23.2 Å². The summed E-state index contributed by atoms with van der Waals surface area (Å²) in [5.74, 6) is -0.497. The van der Waals surface area contributed by atoms with Gasteiger partial charge in [0.15, 0.2) is 0 Å². The summed E-state index contributed by atoms with van der Waals surface area (Å²) < 4.78 is 14.4. The van der Waals surface area contributed by atoms with Crippen molar-refractivity contribution >= 4 is 24.0 Å². The van der Waals surface area contributed by atoms with Gasteiger partial charge < -0.3 is 10.6 Å². The lowest BCUT2D eigenvalue weighted by atomic mass is 9.99. The van der Waals surface area contributed by atoms with Crippen molar-refractivity contribution in [1.82, 2.24) is 10.3 Å². The Morgan fingerprint density at radius 1 is 1.30 bits per heavy atom. The second kappa shape index (κ2) is 8.04. The summed E-state index contributed by atoms with van der Waals surface area (Å²) in [6.07, 6.45) is 3.18. The van der Waals surface area contributed by atoms with Gasteiger partial charge in [-0.1, -0.05) is 12.1 Å². The second-order valence-electron chi connectivity index (χ2n) is 5.36. The van der Waals surface area contributed by atoms with E-state index in [1.54, 1.807) is 12.3 Å². The number of hydrogen-bond acceptors (Lipinski definition) is 3. The molecule has 0 atom stereocenters. The third-order valence-electron chi connectivity index (χ3n) is 3.82. The van der Waals surface area contributed by atoms with Gasteiger partial charge >= 0.3 is 0 Å². The Morgan fingerprint density at radius 3 is 2.96 bits per heavy atom. The number of benzene rings is 1. The first-order valence-electron chi connectivity index (χ1n) is 7.45. The van der Waals surface area contributed by atoms with Crippen LogP contribution in [0.25, 0.3) is 0 Å². The fraction of sp³-hybridized carbons (Fsp3) is 0.294. The normalized spacial score (nSPS) is 12.9. The van der Waals surface area contributed by atoms with E-state index in [0.29, 0.717) is 24.9 Å². The highest BCUT2D eigenvalue weighted by atomic mass is 35.5. The van der Waals surface area contributed by atoms with Gasteiger partial charge in [0.2, 0.25) is 5.91 Å². The molecule has 0 unspecified atom stereocenters. The first-order valence-corrected chi connectivity index (χ1v) is 7.45. The van der Waals surface area contributed by atoms with E-state index in [0.717, 1.165) is 17.8 Å². The van der Waals surface area contributed by atoms with Crippen LogP contribution in [-0.4, -0.2) is 17.4 Å². The van der Waals surface area contributed by atoms with Gasteiger partial charge in [-0.15, -0.1) is 12.4 Å². The maximum Gasteiger partial charge on any atom is 0.224 e. The van der Waals surface area contributed by atoms with Crippen LogP contribution in [-0.2, 0) is 24.2 Å². The van der Waals surface area contributed by atoms with Crippen molar-refractivity contribution in [2.24, 2.45) is 0 Å². The van der Waals surface area contributed by atoms with E-state index < -0.39 is 0 Å². The third-order valence-corrected chi connectivity index (χ3v) is 3.82. The Bertz CT molecular complexity index is 679. The van der Waals surface area contributed by atoms with Crippen LogP contribution in [0.15, 0.2) is 36.5 Å². The van der Waals surface area contributed by atoms with E-state index in [4.69, 9.17) is 0 Å². The number of carbonyl (C=O) groups excluding carboxylic acids is 1. The molecule has 23 heavy (non-hydrogen) atoms. The van der Waals surface area contributed by atoms with Gasteiger partial charge in [-0.25, -0.2) is 4.39 Å². The van der Waals surface area contributed by atoms with Crippen LogP contribution in [0.2, 0.25) is 0 Å². The SMILES string of the molecule is Cl.O=C(CCc1ccccn1)Nc1ccc2c(c1F)CCNC2. The molecule has 1 aliphatic rings. The summed E-state index contributed by atoms with van der Waals surface area (Å²) >= 11 is 0. The van der Waals surface area contributed by atoms with Crippen LogP contribution in [0.5, 0.6) is 0 Å². The molecule has 1 amide bonds. The highest BCUT2D eigenvalue weighted by Gasteiger charge is 2.17. The minimum absolute atomic E-state index is 0. The largest absolute Gasteiger partial charge is 0.324 e. The van der Waals surface area contributed by atoms with E-state index in [-0.39, 0.29) is 36.2 Å².